The van der Waals surface area contributed by atoms with Gasteiger partial charge in [0.2, 0.25) is 0 Å². The highest BCUT2D eigenvalue weighted by Crippen LogP contribution is 2.14. The van der Waals surface area contributed by atoms with Crippen LogP contribution in [0.4, 0.5) is 0 Å². The number of fused-ring (bicyclic) bond motifs is 1. The number of para-hydroxylation sites is 1. The lowest BCUT2D eigenvalue weighted by molar-refractivity contribution is 0.729. The van der Waals surface area contributed by atoms with Gasteiger partial charge in [0.1, 0.15) is 0 Å². The Labute approximate surface area is 120 Å². The first-order valence-electron chi connectivity index (χ1n) is 7.42. The van der Waals surface area contributed by atoms with Crippen LogP contribution in [-0.4, -0.2) is 24.0 Å². The van der Waals surface area contributed by atoms with E-state index in [4.69, 9.17) is 0 Å². The van der Waals surface area contributed by atoms with E-state index in [1.165, 1.54) is 17.3 Å². The van der Waals surface area contributed by atoms with Crippen LogP contribution in [0.5, 0.6) is 0 Å². The second kappa shape index (κ2) is 7.58. The van der Waals surface area contributed by atoms with Crippen LogP contribution in [0, 0.1) is 0 Å². The van der Waals surface area contributed by atoms with Gasteiger partial charge in [0.05, 0.1) is 6.54 Å². The summed E-state index contributed by atoms with van der Waals surface area (Å²) in [4.78, 5) is 8.01. The number of rotatable bonds is 6. The predicted molar refractivity (Wildman–Crippen MR) is 86.0 cm³/mol. The maximum atomic E-state index is 4.61. The van der Waals surface area contributed by atoms with Crippen LogP contribution in [-0.2, 0) is 6.54 Å². The molecular formula is C16H24N4. The summed E-state index contributed by atoms with van der Waals surface area (Å²) in [6.07, 6.45) is 2.35. The van der Waals surface area contributed by atoms with Gasteiger partial charge in [0.25, 0.3) is 0 Å². The Morgan fingerprint density at radius 3 is 2.80 bits per heavy atom. The van der Waals surface area contributed by atoms with Gasteiger partial charge in [-0.1, -0.05) is 31.5 Å². The number of hydrogen-bond donors (Lipinski definition) is 3. The maximum absolute atomic E-state index is 4.61. The number of guanidine groups is 1. The van der Waals surface area contributed by atoms with Crippen LogP contribution < -0.4 is 10.6 Å². The Morgan fingerprint density at radius 1 is 1.20 bits per heavy atom. The second-order valence-corrected chi connectivity index (χ2v) is 4.86. The minimum Gasteiger partial charge on any atom is -0.357 e. The molecule has 0 bridgehead atoms. The molecule has 0 spiro atoms. The number of nitrogens with one attached hydrogen (secondary N) is 3. The highest BCUT2D eigenvalue weighted by molar-refractivity contribution is 5.81. The first-order valence-corrected chi connectivity index (χ1v) is 7.42. The third kappa shape index (κ3) is 4.02. The van der Waals surface area contributed by atoms with Crippen molar-refractivity contribution >= 4 is 16.9 Å². The van der Waals surface area contributed by atoms with Crippen molar-refractivity contribution in [1.82, 2.24) is 15.6 Å². The lowest BCUT2D eigenvalue weighted by Gasteiger charge is -2.10. The fourth-order valence-corrected chi connectivity index (χ4v) is 2.11. The molecule has 0 saturated carbocycles. The summed E-state index contributed by atoms with van der Waals surface area (Å²) in [6, 6.07) is 10.5. The largest absolute Gasteiger partial charge is 0.357 e. The second-order valence-electron chi connectivity index (χ2n) is 4.86. The van der Waals surface area contributed by atoms with Crippen LogP contribution in [0.2, 0.25) is 0 Å². The molecule has 1 aromatic carbocycles. The van der Waals surface area contributed by atoms with Crippen molar-refractivity contribution in [2.24, 2.45) is 4.99 Å². The summed E-state index contributed by atoms with van der Waals surface area (Å²) >= 11 is 0. The third-order valence-electron chi connectivity index (χ3n) is 3.16. The Bertz CT molecular complexity index is 523. The van der Waals surface area contributed by atoms with Gasteiger partial charge in [-0.3, -0.25) is 0 Å². The fourth-order valence-electron chi connectivity index (χ4n) is 2.11. The normalized spacial score (nSPS) is 11.8. The van der Waals surface area contributed by atoms with E-state index in [1.807, 2.05) is 6.07 Å². The van der Waals surface area contributed by atoms with E-state index in [1.54, 1.807) is 0 Å². The number of aromatic amines is 1. The Kier molecular flexibility index (Phi) is 5.47. The lowest BCUT2D eigenvalue weighted by atomic mass is 10.2. The van der Waals surface area contributed by atoms with Crippen molar-refractivity contribution in [3.05, 3.63) is 36.0 Å². The molecule has 0 saturated heterocycles. The number of aromatic nitrogens is 1. The Morgan fingerprint density at radius 2 is 2.05 bits per heavy atom. The van der Waals surface area contributed by atoms with E-state index in [0.717, 1.165) is 31.2 Å². The molecule has 1 heterocycles. The van der Waals surface area contributed by atoms with Gasteiger partial charge in [0.15, 0.2) is 5.96 Å². The van der Waals surface area contributed by atoms with Gasteiger partial charge in [0, 0.05) is 24.3 Å². The van der Waals surface area contributed by atoms with E-state index in [2.05, 4.69) is 58.7 Å². The predicted octanol–water partition coefficient (Wildman–Crippen LogP) is 3.02. The zero-order chi connectivity index (χ0) is 14.2. The molecule has 0 fully saturated rings. The van der Waals surface area contributed by atoms with Crippen LogP contribution in [0.25, 0.3) is 10.9 Å². The quantitative estimate of drug-likeness (QED) is 0.430. The molecule has 0 amide bonds. The molecule has 20 heavy (non-hydrogen) atoms. The Balaban J connectivity index is 2.00. The minimum absolute atomic E-state index is 0.663. The third-order valence-corrected chi connectivity index (χ3v) is 3.16. The van der Waals surface area contributed by atoms with E-state index >= 15 is 0 Å². The Hall–Kier alpha value is -1.97. The molecule has 108 valence electrons. The first-order chi connectivity index (χ1) is 9.83. The van der Waals surface area contributed by atoms with E-state index in [0.29, 0.717) is 6.54 Å². The summed E-state index contributed by atoms with van der Waals surface area (Å²) in [5.74, 6) is 0.889. The summed E-state index contributed by atoms with van der Waals surface area (Å²) in [7, 11) is 0. The zero-order valence-electron chi connectivity index (χ0n) is 12.4. The monoisotopic (exact) mass is 272 g/mol. The molecule has 2 rings (SSSR count). The topological polar surface area (TPSA) is 52.2 Å². The molecule has 1 aromatic heterocycles. The van der Waals surface area contributed by atoms with Crippen LogP contribution in [0.15, 0.2) is 35.3 Å². The molecule has 4 nitrogen and oxygen atoms in total. The number of nitrogens with zero attached hydrogens (tertiary/aromatic N) is 1. The number of hydrogen-bond acceptors (Lipinski definition) is 1. The molecule has 4 heteroatoms. The van der Waals surface area contributed by atoms with Gasteiger partial charge < -0.3 is 15.6 Å². The van der Waals surface area contributed by atoms with Crippen molar-refractivity contribution in [2.45, 2.75) is 33.2 Å². The van der Waals surface area contributed by atoms with E-state index in [-0.39, 0.29) is 0 Å². The van der Waals surface area contributed by atoms with E-state index < -0.39 is 0 Å². The molecule has 0 radical (unpaired) electrons. The molecule has 2 aromatic rings. The summed E-state index contributed by atoms with van der Waals surface area (Å²) < 4.78 is 0. The van der Waals surface area contributed by atoms with Gasteiger partial charge in [-0.15, -0.1) is 0 Å². The van der Waals surface area contributed by atoms with Gasteiger partial charge in [-0.05, 0) is 30.9 Å². The van der Waals surface area contributed by atoms with E-state index in [9.17, 15) is 0 Å². The zero-order valence-corrected chi connectivity index (χ0v) is 12.4. The smallest absolute Gasteiger partial charge is 0.191 e. The van der Waals surface area contributed by atoms with Crippen molar-refractivity contribution < 1.29 is 0 Å². The molecule has 0 aliphatic rings. The summed E-state index contributed by atoms with van der Waals surface area (Å²) in [5, 5.41) is 7.86. The number of benzene rings is 1. The first kappa shape index (κ1) is 14.4. The molecule has 0 atom stereocenters. The van der Waals surface area contributed by atoms with Gasteiger partial charge >= 0.3 is 0 Å². The molecule has 3 N–H and O–H groups in total. The SMILES string of the molecule is CCCCNC(=NCc1cc2ccccc2[nH]1)NCC. The van der Waals surface area contributed by atoms with Crippen molar-refractivity contribution in [1.29, 1.82) is 0 Å². The van der Waals surface area contributed by atoms with Crippen LogP contribution >= 0.6 is 0 Å². The highest BCUT2D eigenvalue weighted by Gasteiger charge is 2.00. The maximum Gasteiger partial charge on any atom is 0.191 e. The average molecular weight is 272 g/mol. The van der Waals surface area contributed by atoms with Crippen LogP contribution in [0.3, 0.4) is 0 Å². The van der Waals surface area contributed by atoms with Crippen molar-refractivity contribution in [3.63, 3.8) is 0 Å². The minimum atomic E-state index is 0.663. The fraction of sp³-hybridized carbons (Fsp3) is 0.438. The van der Waals surface area contributed by atoms with Gasteiger partial charge in [-0.25, -0.2) is 4.99 Å². The summed E-state index contributed by atoms with van der Waals surface area (Å²) in [6.45, 7) is 6.78. The molecule has 0 aliphatic heterocycles. The lowest BCUT2D eigenvalue weighted by Crippen LogP contribution is -2.37. The number of unbranched alkanes of at least 4 members (excludes halogenated alkanes) is 1. The highest BCUT2D eigenvalue weighted by atomic mass is 15.2. The standard InChI is InChI=1S/C16H24N4/c1-3-5-10-18-16(17-4-2)19-12-14-11-13-8-6-7-9-15(13)20-14/h6-9,11,20H,3-5,10,12H2,1-2H3,(H2,17,18,19). The summed E-state index contributed by atoms with van der Waals surface area (Å²) in [5.41, 5.74) is 2.31. The van der Waals surface area contributed by atoms with Crippen molar-refractivity contribution in [3.8, 4) is 0 Å². The van der Waals surface area contributed by atoms with Gasteiger partial charge in [-0.2, -0.15) is 0 Å². The average Bonchev–Trinajstić information content (AvgIpc) is 2.87. The van der Waals surface area contributed by atoms with Crippen molar-refractivity contribution in [2.75, 3.05) is 13.1 Å². The molecular weight excluding hydrogens is 248 g/mol. The molecule has 0 unspecified atom stereocenters. The van der Waals surface area contributed by atoms with Crippen LogP contribution in [0.1, 0.15) is 32.4 Å². The number of H-pyrrole nitrogens is 1. The molecule has 0 aliphatic carbocycles. The number of aliphatic imine (C=N–C) groups is 1.